The van der Waals surface area contributed by atoms with Crippen molar-refractivity contribution in [2.24, 2.45) is 5.92 Å². The van der Waals surface area contributed by atoms with Crippen LogP contribution in [0.25, 0.3) is 0 Å². The van der Waals surface area contributed by atoms with Gasteiger partial charge in [-0.05, 0) is 44.7 Å². The second-order valence-corrected chi connectivity index (χ2v) is 11.9. The van der Waals surface area contributed by atoms with Crippen molar-refractivity contribution < 1.29 is 5.11 Å². The molecule has 0 bridgehead atoms. The highest BCUT2D eigenvalue weighted by Gasteiger charge is 2.16. The van der Waals surface area contributed by atoms with Gasteiger partial charge in [0.25, 0.3) is 0 Å². The van der Waals surface area contributed by atoms with Gasteiger partial charge in [-0.3, -0.25) is 4.90 Å². The smallest absolute Gasteiger partial charge is 0.0667 e. The van der Waals surface area contributed by atoms with E-state index in [-0.39, 0.29) is 6.10 Å². The quantitative estimate of drug-likeness (QED) is 0.101. The molecule has 0 aromatic heterocycles. The van der Waals surface area contributed by atoms with Crippen molar-refractivity contribution in [2.75, 3.05) is 39.3 Å². The number of aliphatic hydroxyl groups is 1. The van der Waals surface area contributed by atoms with Crippen LogP contribution in [-0.4, -0.2) is 60.3 Å². The number of rotatable bonds is 29. The fourth-order valence-corrected chi connectivity index (χ4v) is 5.57. The van der Waals surface area contributed by atoms with Crippen LogP contribution in [0.5, 0.6) is 0 Å². The van der Waals surface area contributed by atoms with E-state index >= 15 is 0 Å². The molecule has 0 saturated heterocycles. The summed E-state index contributed by atoms with van der Waals surface area (Å²) >= 11 is 0. The Morgan fingerprint density at radius 2 is 0.861 bits per heavy atom. The molecule has 0 aliphatic carbocycles. The van der Waals surface area contributed by atoms with Crippen LogP contribution in [0.4, 0.5) is 0 Å². The van der Waals surface area contributed by atoms with E-state index in [1.165, 1.54) is 135 Å². The first-order valence-corrected chi connectivity index (χ1v) is 16.7. The third kappa shape index (κ3) is 24.2. The summed E-state index contributed by atoms with van der Waals surface area (Å²) < 4.78 is 0. The average Bonchev–Trinajstić information content (AvgIpc) is 2.86. The van der Waals surface area contributed by atoms with Gasteiger partial charge >= 0.3 is 0 Å². The third-order valence-electron chi connectivity index (χ3n) is 7.79. The Kier molecular flexibility index (Phi) is 27.8. The topological polar surface area (TPSA) is 26.7 Å². The first-order valence-electron chi connectivity index (χ1n) is 16.7. The van der Waals surface area contributed by atoms with E-state index < -0.39 is 0 Å². The number of unbranched alkanes of at least 4 members (excludes halogenated alkanes) is 14. The van der Waals surface area contributed by atoms with Crippen LogP contribution in [0.1, 0.15) is 163 Å². The molecule has 2 atom stereocenters. The molecule has 0 radical (unpaired) electrons. The molecule has 0 aliphatic heterocycles. The molecule has 0 fully saturated rings. The molecule has 218 valence electrons. The minimum absolute atomic E-state index is 0.161. The summed E-state index contributed by atoms with van der Waals surface area (Å²) in [7, 11) is 0. The largest absolute Gasteiger partial charge is 0.392 e. The Morgan fingerprint density at radius 1 is 0.444 bits per heavy atom. The van der Waals surface area contributed by atoms with Crippen LogP contribution in [-0.2, 0) is 0 Å². The van der Waals surface area contributed by atoms with Crippen LogP contribution in [0.15, 0.2) is 0 Å². The lowest BCUT2D eigenvalue weighted by Crippen LogP contribution is -2.41. The molecule has 0 aromatic carbocycles. The maximum absolute atomic E-state index is 10.9. The summed E-state index contributed by atoms with van der Waals surface area (Å²) in [5.41, 5.74) is 0. The van der Waals surface area contributed by atoms with Crippen molar-refractivity contribution in [2.45, 2.75) is 169 Å². The molecular formula is C33H70N2O. The van der Waals surface area contributed by atoms with Gasteiger partial charge in [-0.1, -0.05) is 137 Å². The van der Waals surface area contributed by atoms with Crippen molar-refractivity contribution in [3.63, 3.8) is 0 Å². The average molecular weight is 511 g/mol. The van der Waals surface area contributed by atoms with Crippen LogP contribution in [0.2, 0.25) is 0 Å². The molecule has 0 saturated carbocycles. The third-order valence-corrected chi connectivity index (χ3v) is 7.79. The molecule has 0 aromatic rings. The van der Waals surface area contributed by atoms with Gasteiger partial charge in [-0.25, -0.2) is 0 Å². The first kappa shape index (κ1) is 35.9. The summed E-state index contributed by atoms with van der Waals surface area (Å²) in [6.45, 7) is 18.3. The molecule has 2 unspecified atom stereocenters. The molecule has 0 heterocycles. The predicted octanol–water partition coefficient (Wildman–Crippen LogP) is 9.47. The van der Waals surface area contributed by atoms with Gasteiger partial charge in [0, 0.05) is 26.2 Å². The lowest BCUT2D eigenvalue weighted by Gasteiger charge is -2.31. The normalized spacial score (nSPS) is 13.7. The summed E-state index contributed by atoms with van der Waals surface area (Å²) in [6.07, 6.45) is 26.6. The van der Waals surface area contributed by atoms with Gasteiger partial charge in [-0.15, -0.1) is 0 Å². The van der Waals surface area contributed by atoms with Crippen molar-refractivity contribution in [1.29, 1.82) is 0 Å². The Balaban J connectivity index is 4.37. The number of hydrogen-bond acceptors (Lipinski definition) is 3. The Hall–Kier alpha value is -0.120. The van der Waals surface area contributed by atoms with Crippen LogP contribution in [0, 0.1) is 5.92 Å². The maximum Gasteiger partial charge on any atom is 0.0667 e. The van der Waals surface area contributed by atoms with Crippen molar-refractivity contribution in [3.05, 3.63) is 0 Å². The van der Waals surface area contributed by atoms with Crippen LogP contribution < -0.4 is 0 Å². The molecule has 1 N–H and O–H groups in total. The molecular weight excluding hydrogens is 440 g/mol. The van der Waals surface area contributed by atoms with Crippen molar-refractivity contribution >= 4 is 0 Å². The fraction of sp³-hybridized carbons (Fsp3) is 1.00. The Labute approximate surface area is 229 Å². The van der Waals surface area contributed by atoms with E-state index in [0.717, 1.165) is 38.5 Å². The highest BCUT2D eigenvalue weighted by atomic mass is 16.3. The summed E-state index contributed by atoms with van der Waals surface area (Å²) in [5, 5.41) is 10.9. The zero-order valence-corrected chi connectivity index (χ0v) is 25.9. The van der Waals surface area contributed by atoms with Gasteiger partial charge in [0.2, 0.25) is 0 Å². The molecule has 0 aliphatic rings. The minimum Gasteiger partial charge on any atom is -0.392 e. The van der Waals surface area contributed by atoms with Gasteiger partial charge in [0.05, 0.1) is 6.10 Å². The second-order valence-electron chi connectivity index (χ2n) is 11.9. The van der Waals surface area contributed by atoms with Crippen LogP contribution >= 0.6 is 0 Å². The predicted molar refractivity (Wildman–Crippen MR) is 163 cm³/mol. The first-order chi connectivity index (χ1) is 17.6. The van der Waals surface area contributed by atoms with E-state index in [1.807, 2.05) is 0 Å². The van der Waals surface area contributed by atoms with Crippen LogP contribution in [0.3, 0.4) is 0 Å². The number of hydrogen-bond donors (Lipinski definition) is 1. The van der Waals surface area contributed by atoms with Gasteiger partial charge in [0.15, 0.2) is 0 Å². The summed E-state index contributed by atoms with van der Waals surface area (Å²) in [5.74, 6) is 0.728. The lowest BCUT2D eigenvalue weighted by molar-refractivity contribution is 0.0865. The lowest BCUT2D eigenvalue weighted by atomic mass is 10.0. The van der Waals surface area contributed by atoms with E-state index in [4.69, 9.17) is 0 Å². The van der Waals surface area contributed by atoms with E-state index in [2.05, 4.69) is 44.4 Å². The van der Waals surface area contributed by atoms with E-state index in [9.17, 15) is 5.11 Å². The maximum atomic E-state index is 10.9. The van der Waals surface area contributed by atoms with Crippen molar-refractivity contribution in [1.82, 2.24) is 9.80 Å². The highest BCUT2D eigenvalue weighted by Crippen LogP contribution is 2.16. The molecule has 3 nitrogen and oxygen atoms in total. The summed E-state index contributed by atoms with van der Waals surface area (Å²) in [4.78, 5) is 5.23. The van der Waals surface area contributed by atoms with Gasteiger partial charge in [-0.2, -0.15) is 0 Å². The molecule has 0 rings (SSSR count). The fourth-order valence-electron chi connectivity index (χ4n) is 5.57. The second kappa shape index (κ2) is 27.9. The molecule has 3 heteroatoms. The zero-order valence-electron chi connectivity index (χ0n) is 25.9. The van der Waals surface area contributed by atoms with Gasteiger partial charge in [0.1, 0.15) is 0 Å². The number of nitrogens with zero attached hydrogens (tertiary/aromatic N) is 2. The SMILES string of the molecule is CCCCCCCCCCC(C)CN(CCN(CCC)CCC)CC(O)CCCCCCCCCC. The standard InChI is InChI=1S/C33H70N2O/c1-6-10-12-14-16-18-20-22-24-32(5)30-35(29-28-34(26-8-3)27-9-4)31-33(36)25-23-21-19-17-15-13-11-7-2/h32-33,36H,6-31H2,1-5H3. The van der Waals surface area contributed by atoms with Gasteiger partial charge < -0.3 is 10.0 Å². The van der Waals surface area contributed by atoms with E-state index in [1.54, 1.807) is 0 Å². The monoisotopic (exact) mass is 511 g/mol. The molecule has 0 amide bonds. The van der Waals surface area contributed by atoms with Crippen molar-refractivity contribution in [3.8, 4) is 0 Å². The zero-order chi connectivity index (χ0) is 26.7. The molecule has 36 heavy (non-hydrogen) atoms. The number of aliphatic hydroxyl groups excluding tert-OH is 1. The van der Waals surface area contributed by atoms with E-state index in [0.29, 0.717) is 0 Å². The Bertz CT molecular complexity index is 382. The highest BCUT2D eigenvalue weighted by molar-refractivity contribution is 4.71. The molecule has 0 spiro atoms. The Morgan fingerprint density at radius 3 is 1.33 bits per heavy atom. The minimum atomic E-state index is -0.161. The summed E-state index contributed by atoms with van der Waals surface area (Å²) in [6, 6.07) is 0.